The number of hydrogen-bond acceptors (Lipinski definition) is 4. The summed E-state index contributed by atoms with van der Waals surface area (Å²) < 4.78 is 26.8. The molecule has 1 aromatic heterocycles. The highest BCUT2D eigenvalue weighted by Crippen LogP contribution is 2.25. The Balaban J connectivity index is 2.18. The standard InChI is InChI=1S/C15H20ClN3O2S/c1-5-15(3,4)18-8-10-19(11-9-18)22(20,21)13-7-6-12(2)17-14(13)16/h1,6-7H,8-11H2,2-4H3. The number of terminal acetylenes is 1. The van der Waals surface area contributed by atoms with E-state index in [9.17, 15) is 8.42 Å². The number of rotatable bonds is 3. The SMILES string of the molecule is C#CC(C)(C)N1CCN(S(=O)(=O)c2ccc(C)nc2Cl)CC1. The van der Waals surface area contributed by atoms with E-state index in [0.717, 1.165) is 0 Å². The quantitative estimate of drug-likeness (QED) is 0.621. The molecule has 0 N–H and O–H groups in total. The zero-order valence-corrected chi connectivity index (χ0v) is 14.6. The number of nitrogens with zero attached hydrogens (tertiary/aromatic N) is 3. The second-order valence-electron chi connectivity index (χ2n) is 5.84. The second-order valence-corrected chi connectivity index (χ2v) is 8.10. The van der Waals surface area contributed by atoms with Crippen molar-refractivity contribution in [3.63, 3.8) is 0 Å². The first-order chi connectivity index (χ1) is 10.2. The van der Waals surface area contributed by atoms with E-state index in [1.165, 1.54) is 10.4 Å². The Labute approximate surface area is 137 Å². The van der Waals surface area contributed by atoms with Crippen LogP contribution in [0.4, 0.5) is 0 Å². The van der Waals surface area contributed by atoms with Gasteiger partial charge in [-0.3, -0.25) is 4.90 Å². The summed E-state index contributed by atoms with van der Waals surface area (Å²) in [5.74, 6) is 2.74. The lowest BCUT2D eigenvalue weighted by Gasteiger charge is -2.40. The van der Waals surface area contributed by atoms with E-state index in [1.807, 2.05) is 13.8 Å². The van der Waals surface area contributed by atoms with Gasteiger partial charge in [0.1, 0.15) is 10.0 Å². The van der Waals surface area contributed by atoms with Gasteiger partial charge in [0.25, 0.3) is 0 Å². The van der Waals surface area contributed by atoms with E-state index in [4.69, 9.17) is 18.0 Å². The van der Waals surface area contributed by atoms with Gasteiger partial charge < -0.3 is 0 Å². The Hall–Kier alpha value is -1.13. The predicted octanol–water partition coefficient (Wildman–Crippen LogP) is 1.76. The Morgan fingerprint density at radius 2 is 1.86 bits per heavy atom. The van der Waals surface area contributed by atoms with Crippen LogP contribution >= 0.6 is 11.6 Å². The molecule has 1 fully saturated rings. The number of aryl methyl sites for hydroxylation is 1. The number of aromatic nitrogens is 1. The topological polar surface area (TPSA) is 53.5 Å². The van der Waals surface area contributed by atoms with Gasteiger partial charge in [-0.1, -0.05) is 17.5 Å². The molecule has 0 amide bonds. The molecule has 120 valence electrons. The van der Waals surface area contributed by atoms with Gasteiger partial charge in [-0.15, -0.1) is 6.42 Å². The van der Waals surface area contributed by atoms with E-state index >= 15 is 0 Å². The van der Waals surface area contributed by atoms with Gasteiger partial charge in [0, 0.05) is 31.9 Å². The molecule has 0 atom stereocenters. The molecule has 0 unspecified atom stereocenters. The Morgan fingerprint density at radius 1 is 1.27 bits per heavy atom. The minimum Gasteiger partial charge on any atom is -0.285 e. The summed E-state index contributed by atoms with van der Waals surface area (Å²) in [5.41, 5.74) is 0.309. The predicted molar refractivity (Wildman–Crippen MR) is 87.2 cm³/mol. The van der Waals surface area contributed by atoms with Crippen molar-refractivity contribution in [1.82, 2.24) is 14.2 Å². The molecule has 0 radical (unpaired) electrons. The molecular weight excluding hydrogens is 322 g/mol. The lowest BCUT2D eigenvalue weighted by atomic mass is 10.0. The van der Waals surface area contributed by atoms with Gasteiger partial charge in [0.05, 0.1) is 5.54 Å². The van der Waals surface area contributed by atoms with Crippen molar-refractivity contribution >= 4 is 21.6 Å². The minimum atomic E-state index is -3.62. The number of sulfonamides is 1. The van der Waals surface area contributed by atoms with Crippen molar-refractivity contribution in [2.45, 2.75) is 31.2 Å². The van der Waals surface area contributed by atoms with Crippen LogP contribution in [-0.2, 0) is 10.0 Å². The van der Waals surface area contributed by atoms with E-state index < -0.39 is 10.0 Å². The normalized spacial score (nSPS) is 18.1. The third-order valence-electron chi connectivity index (χ3n) is 3.95. The summed E-state index contributed by atoms with van der Waals surface area (Å²) in [5, 5.41) is 0.0198. The summed E-state index contributed by atoms with van der Waals surface area (Å²) in [6.07, 6.45) is 5.53. The molecule has 0 saturated carbocycles. The lowest BCUT2D eigenvalue weighted by Crippen LogP contribution is -2.55. The first-order valence-corrected chi connectivity index (χ1v) is 8.86. The summed E-state index contributed by atoms with van der Waals surface area (Å²) >= 11 is 6.00. The fourth-order valence-electron chi connectivity index (χ4n) is 2.42. The van der Waals surface area contributed by atoms with Gasteiger partial charge in [-0.05, 0) is 32.9 Å². The Kier molecular flexibility index (Phi) is 4.83. The van der Waals surface area contributed by atoms with Crippen LogP contribution < -0.4 is 0 Å². The first-order valence-electron chi connectivity index (χ1n) is 7.04. The summed E-state index contributed by atoms with van der Waals surface area (Å²) in [6, 6.07) is 3.16. The van der Waals surface area contributed by atoms with Gasteiger partial charge >= 0.3 is 0 Å². The number of hydrogen-bond donors (Lipinski definition) is 0. The largest absolute Gasteiger partial charge is 0.285 e. The number of halogens is 1. The molecule has 0 aromatic carbocycles. The maximum atomic E-state index is 12.7. The van der Waals surface area contributed by atoms with E-state index in [-0.39, 0.29) is 15.6 Å². The van der Waals surface area contributed by atoms with Crippen molar-refractivity contribution < 1.29 is 8.42 Å². The molecule has 1 aromatic rings. The van der Waals surface area contributed by atoms with Crippen LogP contribution in [0, 0.1) is 19.3 Å². The molecule has 1 aliphatic heterocycles. The fraction of sp³-hybridized carbons (Fsp3) is 0.533. The van der Waals surface area contributed by atoms with Crippen molar-refractivity contribution in [1.29, 1.82) is 0 Å². The molecular formula is C15H20ClN3O2S. The van der Waals surface area contributed by atoms with Crippen LogP contribution in [-0.4, -0.2) is 54.3 Å². The molecule has 2 rings (SSSR count). The average molecular weight is 342 g/mol. The third kappa shape index (κ3) is 3.28. The molecule has 0 aliphatic carbocycles. The lowest BCUT2D eigenvalue weighted by molar-refractivity contribution is 0.117. The third-order valence-corrected chi connectivity index (χ3v) is 6.28. The highest BCUT2D eigenvalue weighted by Gasteiger charge is 2.34. The van der Waals surface area contributed by atoms with E-state index in [1.54, 1.807) is 13.0 Å². The maximum absolute atomic E-state index is 12.7. The molecule has 7 heteroatoms. The van der Waals surface area contributed by atoms with Crippen LogP contribution in [0.1, 0.15) is 19.5 Å². The van der Waals surface area contributed by atoms with Gasteiger partial charge in [-0.25, -0.2) is 13.4 Å². The smallest absolute Gasteiger partial charge is 0.246 e. The van der Waals surface area contributed by atoms with Crippen molar-refractivity contribution in [3.8, 4) is 12.3 Å². The molecule has 0 bridgehead atoms. The van der Waals surface area contributed by atoms with E-state index in [2.05, 4.69) is 15.8 Å². The van der Waals surface area contributed by atoms with Gasteiger partial charge in [0.15, 0.2) is 0 Å². The van der Waals surface area contributed by atoms with Crippen LogP contribution in [0.5, 0.6) is 0 Å². The van der Waals surface area contributed by atoms with Crippen molar-refractivity contribution in [3.05, 3.63) is 23.0 Å². The maximum Gasteiger partial charge on any atom is 0.246 e. The van der Waals surface area contributed by atoms with Crippen LogP contribution in [0.15, 0.2) is 17.0 Å². The summed E-state index contributed by atoms with van der Waals surface area (Å²) in [7, 11) is -3.62. The molecule has 22 heavy (non-hydrogen) atoms. The van der Waals surface area contributed by atoms with Crippen LogP contribution in [0.3, 0.4) is 0 Å². The minimum absolute atomic E-state index is 0.0198. The number of pyridine rings is 1. The zero-order chi connectivity index (χ0) is 16.5. The molecule has 1 aliphatic rings. The highest BCUT2D eigenvalue weighted by molar-refractivity contribution is 7.89. The van der Waals surface area contributed by atoms with Crippen molar-refractivity contribution in [2.24, 2.45) is 0 Å². The molecule has 5 nitrogen and oxygen atoms in total. The molecule has 0 spiro atoms. The second kappa shape index (κ2) is 6.17. The monoisotopic (exact) mass is 341 g/mol. The first kappa shape index (κ1) is 17.2. The molecule has 1 saturated heterocycles. The average Bonchev–Trinajstić information content (AvgIpc) is 2.47. The van der Waals surface area contributed by atoms with Crippen LogP contribution in [0.25, 0.3) is 0 Å². The highest BCUT2D eigenvalue weighted by atomic mass is 35.5. The summed E-state index contributed by atoms with van der Waals surface area (Å²) in [4.78, 5) is 6.19. The Bertz CT molecular complexity index is 702. The van der Waals surface area contributed by atoms with Crippen LogP contribution in [0.2, 0.25) is 5.15 Å². The van der Waals surface area contributed by atoms with Gasteiger partial charge in [-0.2, -0.15) is 4.31 Å². The zero-order valence-electron chi connectivity index (χ0n) is 13.0. The Morgan fingerprint density at radius 3 is 2.36 bits per heavy atom. The fourth-order valence-corrected chi connectivity index (χ4v) is 4.33. The molecule has 2 heterocycles. The summed E-state index contributed by atoms with van der Waals surface area (Å²) in [6.45, 7) is 7.63. The van der Waals surface area contributed by atoms with Crippen molar-refractivity contribution in [2.75, 3.05) is 26.2 Å². The van der Waals surface area contributed by atoms with Gasteiger partial charge in [0.2, 0.25) is 10.0 Å². The number of piperazine rings is 1. The van der Waals surface area contributed by atoms with E-state index in [0.29, 0.717) is 31.9 Å².